The Morgan fingerprint density at radius 3 is 2.77 bits per heavy atom. The molecule has 2 rings (SSSR count). The van der Waals surface area contributed by atoms with E-state index in [1.807, 2.05) is 4.98 Å². The predicted octanol–water partition coefficient (Wildman–Crippen LogP) is 0.00330. The summed E-state index contributed by atoms with van der Waals surface area (Å²) in [5, 5.41) is 3.52. The lowest BCUT2D eigenvalue weighted by molar-refractivity contribution is -0.152. The van der Waals surface area contributed by atoms with Crippen LogP contribution in [-0.2, 0) is 23.3 Å². The summed E-state index contributed by atoms with van der Waals surface area (Å²) in [4.78, 5) is 39.3. The molecule has 26 heavy (non-hydrogen) atoms. The number of aromatic amines is 1. The number of azide groups is 1. The van der Waals surface area contributed by atoms with Crippen LogP contribution in [0.2, 0.25) is 0 Å². The number of hydrogen-bond acceptors (Lipinski definition) is 8. The summed E-state index contributed by atoms with van der Waals surface area (Å²) in [6, 6.07) is -0.0551. The minimum Gasteiger partial charge on any atom is -0.457 e. The lowest BCUT2D eigenvalue weighted by atomic mass is 10.1. The molecule has 142 valence electrons. The number of nitrogens with one attached hydrogen (secondary N) is 1. The maximum atomic E-state index is 12.0. The maximum absolute atomic E-state index is 12.0. The number of aromatic nitrogens is 2. The molecule has 1 N–H and O–H groups in total. The Bertz CT molecular complexity index is 951. The van der Waals surface area contributed by atoms with Crippen LogP contribution in [0.4, 0.5) is 0 Å². The van der Waals surface area contributed by atoms with Crippen LogP contribution < -0.4 is 11.2 Å². The fraction of sp³-hybridized carbons (Fsp3) is 0.583. The molecule has 0 aromatic carbocycles. The molecule has 0 aliphatic carbocycles. The predicted molar refractivity (Wildman–Crippen MR) is 88.0 cm³/mol. The highest BCUT2D eigenvalue weighted by molar-refractivity contribution is 8.13. The van der Waals surface area contributed by atoms with Crippen LogP contribution in [0.25, 0.3) is 10.4 Å². The van der Waals surface area contributed by atoms with Crippen molar-refractivity contribution >= 4 is 25.7 Å². The van der Waals surface area contributed by atoms with Crippen LogP contribution in [0.5, 0.6) is 0 Å². The van der Waals surface area contributed by atoms with E-state index in [1.165, 1.54) is 0 Å². The summed E-state index contributed by atoms with van der Waals surface area (Å²) < 4.78 is 34.1. The van der Waals surface area contributed by atoms with Crippen molar-refractivity contribution in [2.45, 2.75) is 37.8 Å². The van der Waals surface area contributed by atoms with Gasteiger partial charge in [0.05, 0.1) is 11.9 Å². The molecule has 0 bridgehead atoms. The number of rotatable bonds is 6. The first-order chi connectivity index (χ1) is 12.1. The van der Waals surface area contributed by atoms with E-state index >= 15 is 0 Å². The molecule has 0 spiro atoms. The molecule has 1 aromatic rings. The summed E-state index contributed by atoms with van der Waals surface area (Å²) >= 11 is 0. The van der Waals surface area contributed by atoms with Gasteiger partial charge in [-0.3, -0.25) is 19.1 Å². The van der Waals surface area contributed by atoms with Gasteiger partial charge < -0.3 is 9.47 Å². The van der Waals surface area contributed by atoms with Crippen LogP contribution in [0, 0.1) is 0 Å². The third kappa shape index (κ3) is 4.85. The number of H-pyrrole nitrogens is 1. The van der Waals surface area contributed by atoms with Gasteiger partial charge in [-0.1, -0.05) is 5.11 Å². The Labute approximate surface area is 150 Å². The molecule has 0 saturated carbocycles. The van der Waals surface area contributed by atoms with Crippen molar-refractivity contribution in [2.24, 2.45) is 5.11 Å². The van der Waals surface area contributed by atoms with Gasteiger partial charge in [-0.15, -0.1) is 0 Å². The topological polar surface area (TPSA) is 173 Å². The van der Waals surface area contributed by atoms with Crippen LogP contribution in [-0.4, -0.2) is 47.9 Å². The van der Waals surface area contributed by atoms with Crippen LogP contribution in [0.3, 0.4) is 0 Å². The highest BCUT2D eigenvalue weighted by Gasteiger charge is 2.47. The third-order valence-electron chi connectivity index (χ3n) is 3.57. The Balaban J connectivity index is 2.44. The second-order valence-corrected chi connectivity index (χ2v) is 8.28. The second kappa shape index (κ2) is 7.91. The number of esters is 1. The average Bonchev–Trinajstić information content (AvgIpc) is 2.82. The Kier molecular flexibility index (Phi) is 6.08. The van der Waals surface area contributed by atoms with E-state index in [1.54, 1.807) is 0 Å². The minimum absolute atomic E-state index is 0.165. The minimum atomic E-state index is -3.85. The van der Waals surface area contributed by atoms with E-state index in [-0.39, 0.29) is 6.42 Å². The SMILES string of the molecule is CC(=O)O[C@@H]1[C@H](N=[N+]=[N-])[C@@H](CCS(=O)(=O)Cl)O[C@H]1n1ccc(=O)[nH]c1=O. The standard InChI is InChI=1S/C12H14ClN5O7S/c1-6(19)24-10-9(16-17-14)7(3-5-26(13,22)23)25-11(10)18-4-2-8(20)15-12(18)21/h2,4,7,9-11H,3,5H2,1H3,(H,15,20,21)/t7-,9-,10-,11-/m1/s1. The Hall–Kier alpha value is -2.34. The smallest absolute Gasteiger partial charge is 0.330 e. The van der Waals surface area contributed by atoms with Crippen molar-refractivity contribution in [2.75, 3.05) is 5.75 Å². The van der Waals surface area contributed by atoms with E-state index in [0.717, 1.165) is 23.8 Å². The number of hydrogen-bond donors (Lipinski definition) is 1. The van der Waals surface area contributed by atoms with Crippen molar-refractivity contribution < 1.29 is 22.7 Å². The first-order valence-corrected chi connectivity index (χ1v) is 9.71. The summed E-state index contributed by atoms with van der Waals surface area (Å²) in [6.45, 7) is 1.11. The molecule has 1 saturated heterocycles. The Morgan fingerprint density at radius 2 is 2.23 bits per heavy atom. The van der Waals surface area contributed by atoms with Gasteiger partial charge in [0.25, 0.3) is 5.56 Å². The molecule has 0 amide bonds. The van der Waals surface area contributed by atoms with Gasteiger partial charge in [-0.05, 0) is 12.0 Å². The summed E-state index contributed by atoms with van der Waals surface area (Å²) in [5.74, 6) is -1.22. The number of carbonyl (C=O) groups excluding carboxylic acids is 1. The van der Waals surface area contributed by atoms with Crippen molar-refractivity contribution in [3.05, 3.63) is 43.5 Å². The fourth-order valence-corrected chi connectivity index (χ4v) is 3.36. The summed E-state index contributed by atoms with van der Waals surface area (Å²) in [7, 11) is 1.33. The zero-order valence-corrected chi connectivity index (χ0v) is 14.9. The summed E-state index contributed by atoms with van der Waals surface area (Å²) in [6.07, 6.45) is -2.48. The van der Waals surface area contributed by atoms with Crippen LogP contribution in [0.15, 0.2) is 27.0 Å². The third-order valence-corrected chi connectivity index (χ3v) is 4.76. The highest BCUT2D eigenvalue weighted by atomic mass is 35.7. The van der Waals surface area contributed by atoms with E-state index in [9.17, 15) is 22.8 Å². The van der Waals surface area contributed by atoms with Gasteiger partial charge in [0.2, 0.25) is 9.05 Å². The van der Waals surface area contributed by atoms with Gasteiger partial charge in [-0.25, -0.2) is 13.2 Å². The van der Waals surface area contributed by atoms with Crippen molar-refractivity contribution in [1.82, 2.24) is 9.55 Å². The molecular formula is C12H14ClN5O7S. The number of ether oxygens (including phenoxy) is 2. The van der Waals surface area contributed by atoms with E-state index in [0.29, 0.717) is 0 Å². The lowest BCUT2D eigenvalue weighted by Gasteiger charge is -2.21. The van der Waals surface area contributed by atoms with E-state index < -0.39 is 56.5 Å². The number of nitrogens with zero attached hydrogens (tertiary/aromatic N) is 4. The van der Waals surface area contributed by atoms with Crippen molar-refractivity contribution in [3.8, 4) is 0 Å². The first-order valence-electron chi connectivity index (χ1n) is 7.23. The monoisotopic (exact) mass is 407 g/mol. The quantitative estimate of drug-likeness (QED) is 0.227. The molecule has 1 aliphatic rings. The molecule has 12 nitrogen and oxygen atoms in total. The van der Waals surface area contributed by atoms with Crippen molar-refractivity contribution in [3.63, 3.8) is 0 Å². The molecule has 1 aliphatic heterocycles. The largest absolute Gasteiger partial charge is 0.457 e. The van der Waals surface area contributed by atoms with Gasteiger partial charge in [0, 0.05) is 34.8 Å². The Morgan fingerprint density at radius 1 is 1.54 bits per heavy atom. The van der Waals surface area contributed by atoms with Crippen LogP contribution in [0.1, 0.15) is 19.6 Å². The number of halogens is 1. The average molecular weight is 408 g/mol. The van der Waals surface area contributed by atoms with Crippen molar-refractivity contribution in [1.29, 1.82) is 0 Å². The normalized spacial score (nSPS) is 25.5. The van der Waals surface area contributed by atoms with E-state index in [4.69, 9.17) is 25.7 Å². The second-order valence-electron chi connectivity index (χ2n) is 5.38. The zero-order chi connectivity index (χ0) is 19.5. The number of carbonyl (C=O) groups is 1. The highest BCUT2D eigenvalue weighted by Crippen LogP contribution is 2.35. The van der Waals surface area contributed by atoms with Gasteiger partial charge in [0.1, 0.15) is 6.04 Å². The summed E-state index contributed by atoms with van der Waals surface area (Å²) in [5.41, 5.74) is 7.28. The molecular weight excluding hydrogens is 394 g/mol. The molecule has 0 unspecified atom stereocenters. The molecule has 1 fully saturated rings. The lowest BCUT2D eigenvalue weighted by Crippen LogP contribution is -2.39. The molecule has 2 heterocycles. The zero-order valence-electron chi connectivity index (χ0n) is 13.3. The van der Waals surface area contributed by atoms with Gasteiger partial charge >= 0.3 is 11.7 Å². The van der Waals surface area contributed by atoms with Gasteiger partial charge in [-0.2, -0.15) is 0 Å². The van der Waals surface area contributed by atoms with Crippen LogP contribution >= 0.6 is 10.7 Å². The molecule has 0 radical (unpaired) electrons. The molecule has 4 atom stereocenters. The fourth-order valence-electron chi connectivity index (χ4n) is 2.58. The molecule has 14 heteroatoms. The first kappa shape index (κ1) is 20.0. The van der Waals surface area contributed by atoms with Gasteiger partial charge in [0.15, 0.2) is 12.3 Å². The van der Waals surface area contributed by atoms with E-state index in [2.05, 4.69) is 10.0 Å². The maximum Gasteiger partial charge on any atom is 0.330 e. The molecule has 1 aromatic heterocycles.